The van der Waals surface area contributed by atoms with Crippen LogP contribution in [0.2, 0.25) is 5.02 Å². The molecule has 1 N–H and O–H groups in total. The molecule has 1 aliphatic heterocycles. The maximum absolute atomic E-state index is 12.3. The number of benzene rings is 1. The number of nitrogens with zero attached hydrogens (tertiary/aromatic N) is 1. The molecule has 0 bridgehead atoms. The van der Waals surface area contributed by atoms with E-state index in [0.29, 0.717) is 12.3 Å². The fourth-order valence-electron chi connectivity index (χ4n) is 2.72. The zero-order chi connectivity index (χ0) is 15.1. The highest BCUT2D eigenvalue weighted by atomic mass is 35.5. The summed E-state index contributed by atoms with van der Waals surface area (Å²) in [6.07, 6.45) is 2.93. The molecule has 0 radical (unpaired) electrons. The van der Waals surface area contributed by atoms with Crippen LogP contribution in [0.4, 0.5) is 0 Å². The summed E-state index contributed by atoms with van der Waals surface area (Å²) in [7, 11) is 1.97. The van der Waals surface area contributed by atoms with Crippen molar-refractivity contribution in [2.24, 2.45) is 5.92 Å². The van der Waals surface area contributed by atoms with Crippen molar-refractivity contribution in [2.75, 3.05) is 32.4 Å². The van der Waals surface area contributed by atoms with E-state index < -0.39 is 0 Å². The number of carbonyl (C=O) groups is 1. The first-order valence-electron chi connectivity index (χ1n) is 7.50. The van der Waals surface area contributed by atoms with E-state index in [1.54, 1.807) is 11.8 Å². The van der Waals surface area contributed by atoms with Crippen LogP contribution in [0.15, 0.2) is 29.2 Å². The van der Waals surface area contributed by atoms with Gasteiger partial charge in [-0.2, -0.15) is 0 Å². The van der Waals surface area contributed by atoms with Crippen LogP contribution in [0, 0.1) is 5.92 Å². The number of hydrogen-bond acceptors (Lipinski definition) is 3. The Labute approximate surface area is 148 Å². The number of piperidine rings is 1. The second kappa shape index (κ2) is 10.4. The number of halogens is 2. The van der Waals surface area contributed by atoms with E-state index >= 15 is 0 Å². The molecule has 1 aliphatic rings. The van der Waals surface area contributed by atoms with Gasteiger partial charge in [-0.25, -0.2) is 0 Å². The number of likely N-dealkylation sites (tertiary alicyclic amines) is 1. The molecule has 3 nitrogen and oxygen atoms in total. The Morgan fingerprint density at radius 2 is 2.23 bits per heavy atom. The Hall–Kier alpha value is -0.420. The van der Waals surface area contributed by atoms with Crippen LogP contribution in [0.5, 0.6) is 0 Å². The molecule has 0 spiro atoms. The normalized spacial score (nSPS) is 17.9. The molecule has 2 rings (SSSR count). The summed E-state index contributed by atoms with van der Waals surface area (Å²) in [5, 5.41) is 3.98. The van der Waals surface area contributed by atoms with Crippen molar-refractivity contribution >= 4 is 41.7 Å². The molecule has 1 atom stereocenters. The zero-order valence-corrected chi connectivity index (χ0v) is 15.3. The van der Waals surface area contributed by atoms with Gasteiger partial charge in [-0.1, -0.05) is 23.7 Å². The largest absolute Gasteiger partial charge is 0.342 e. The van der Waals surface area contributed by atoms with Crippen LogP contribution in [-0.2, 0) is 4.79 Å². The Bertz CT molecular complexity index is 471. The lowest BCUT2D eigenvalue weighted by Crippen LogP contribution is -2.42. The van der Waals surface area contributed by atoms with Gasteiger partial charge in [0.25, 0.3) is 0 Å². The van der Waals surface area contributed by atoms with Crippen molar-refractivity contribution in [3.05, 3.63) is 29.3 Å². The lowest BCUT2D eigenvalue weighted by molar-refractivity contribution is -0.132. The molecule has 1 heterocycles. The zero-order valence-electron chi connectivity index (χ0n) is 12.9. The summed E-state index contributed by atoms with van der Waals surface area (Å²) in [6.45, 7) is 2.81. The Morgan fingerprint density at radius 3 is 2.95 bits per heavy atom. The minimum atomic E-state index is 0. The van der Waals surface area contributed by atoms with Crippen LogP contribution in [0.25, 0.3) is 0 Å². The van der Waals surface area contributed by atoms with E-state index in [1.165, 1.54) is 6.42 Å². The summed E-state index contributed by atoms with van der Waals surface area (Å²) < 4.78 is 0. The molecule has 0 aromatic heterocycles. The highest BCUT2D eigenvalue weighted by molar-refractivity contribution is 7.99. The fraction of sp³-hybridized carbons (Fsp3) is 0.562. The van der Waals surface area contributed by atoms with E-state index in [1.807, 2.05) is 36.2 Å². The molecule has 1 amide bonds. The fourth-order valence-corrected chi connectivity index (χ4v) is 3.89. The predicted molar refractivity (Wildman–Crippen MR) is 97.3 cm³/mol. The van der Waals surface area contributed by atoms with Crippen LogP contribution in [0.1, 0.15) is 19.3 Å². The van der Waals surface area contributed by atoms with Gasteiger partial charge in [-0.15, -0.1) is 24.2 Å². The van der Waals surface area contributed by atoms with Crippen molar-refractivity contribution in [2.45, 2.75) is 24.2 Å². The van der Waals surface area contributed by atoms with E-state index in [-0.39, 0.29) is 18.3 Å². The minimum absolute atomic E-state index is 0. The van der Waals surface area contributed by atoms with Gasteiger partial charge in [0.15, 0.2) is 0 Å². The number of hydrogen-bond donors (Lipinski definition) is 1. The lowest BCUT2D eigenvalue weighted by Gasteiger charge is -2.32. The van der Waals surface area contributed by atoms with Crippen LogP contribution < -0.4 is 5.32 Å². The lowest BCUT2D eigenvalue weighted by atomic mass is 9.98. The van der Waals surface area contributed by atoms with Crippen molar-refractivity contribution in [1.82, 2.24) is 10.2 Å². The number of carbonyl (C=O) groups excluding carboxylic acids is 1. The first kappa shape index (κ1) is 19.6. The van der Waals surface area contributed by atoms with Crippen molar-refractivity contribution in [3.63, 3.8) is 0 Å². The van der Waals surface area contributed by atoms with Crippen molar-refractivity contribution in [1.29, 1.82) is 0 Å². The van der Waals surface area contributed by atoms with Crippen LogP contribution >= 0.6 is 35.8 Å². The maximum Gasteiger partial charge on any atom is 0.223 e. The van der Waals surface area contributed by atoms with Crippen LogP contribution in [0.3, 0.4) is 0 Å². The van der Waals surface area contributed by atoms with Gasteiger partial charge in [0.05, 0.1) is 5.02 Å². The van der Waals surface area contributed by atoms with Gasteiger partial charge in [0.2, 0.25) is 5.91 Å². The summed E-state index contributed by atoms with van der Waals surface area (Å²) in [4.78, 5) is 15.4. The molecule has 124 valence electrons. The van der Waals surface area contributed by atoms with E-state index in [9.17, 15) is 4.79 Å². The second-order valence-corrected chi connectivity index (χ2v) is 6.98. The number of thioether (sulfide) groups is 1. The standard InChI is InChI=1S/C16H23ClN2OS.ClH/c1-18-11-13-5-4-9-19(12-13)16(20)8-10-21-15-7-3-2-6-14(15)17;/h2-3,6-7,13,18H,4-5,8-12H2,1H3;1H. The third kappa shape index (κ3) is 5.99. The molecule has 22 heavy (non-hydrogen) atoms. The van der Waals surface area contributed by atoms with Gasteiger partial charge in [-0.3, -0.25) is 4.79 Å². The quantitative estimate of drug-likeness (QED) is 0.783. The van der Waals surface area contributed by atoms with Gasteiger partial charge >= 0.3 is 0 Å². The first-order valence-corrected chi connectivity index (χ1v) is 8.86. The van der Waals surface area contributed by atoms with E-state index in [0.717, 1.165) is 41.7 Å². The molecule has 6 heteroatoms. The van der Waals surface area contributed by atoms with Crippen LogP contribution in [-0.4, -0.2) is 43.2 Å². The van der Waals surface area contributed by atoms with Gasteiger partial charge < -0.3 is 10.2 Å². The van der Waals surface area contributed by atoms with Crippen molar-refractivity contribution < 1.29 is 4.79 Å². The summed E-state index contributed by atoms with van der Waals surface area (Å²) >= 11 is 7.78. The van der Waals surface area contributed by atoms with Gasteiger partial charge in [0, 0.05) is 30.2 Å². The number of nitrogens with one attached hydrogen (secondary N) is 1. The Balaban J connectivity index is 0.00000242. The summed E-state index contributed by atoms with van der Waals surface area (Å²) in [5.74, 6) is 1.66. The average molecular weight is 363 g/mol. The first-order chi connectivity index (χ1) is 10.2. The van der Waals surface area contributed by atoms with Gasteiger partial charge in [0.1, 0.15) is 0 Å². The van der Waals surface area contributed by atoms with E-state index in [2.05, 4.69) is 5.32 Å². The Morgan fingerprint density at radius 1 is 1.45 bits per heavy atom. The number of amides is 1. The molecule has 0 aliphatic carbocycles. The monoisotopic (exact) mass is 362 g/mol. The minimum Gasteiger partial charge on any atom is -0.342 e. The van der Waals surface area contributed by atoms with Crippen molar-refractivity contribution in [3.8, 4) is 0 Å². The average Bonchev–Trinajstić information content (AvgIpc) is 2.50. The molecule has 1 unspecified atom stereocenters. The Kier molecular flexibility index (Phi) is 9.25. The molecule has 1 fully saturated rings. The van der Waals surface area contributed by atoms with Gasteiger partial charge in [-0.05, 0) is 44.5 Å². The molecule has 1 aromatic carbocycles. The third-order valence-corrected chi connectivity index (χ3v) is 5.29. The molecule has 1 saturated heterocycles. The van der Waals surface area contributed by atoms with E-state index in [4.69, 9.17) is 11.6 Å². The molecule has 1 aromatic rings. The third-order valence-electron chi connectivity index (χ3n) is 3.77. The number of rotatable bonds is 6. The predicted octanol–water partition coefficient (Wildman–Crippen LogP) is 3.70. The highest BCUT2D eigenvalue weighted by Gasteiger charge is 2.22. The molecule has 0 saturated carbocycles. The summed E-state index contributed by atoms with van der Waals surface area (Å²) in [6, 6.07) is 7.79. The SMILES string of the molecule is CNCC1CCCN(C(=O)CCSc2ccccc2Cl)C1.Cl. The summed E-state index contributed by atoms with van der Waals surface area (Å²) in [5.41, 5.74) is 0. The maximum atomic E-state index is 12.3. The molecular weight excluding hydrogens is 339 g/mol. The topological polar surface area (TPSA) is 32.3 Å². The molecular formula is C16H24Cl2N2OS. The highest BCUT2D eigenvalue weighted by Crippen LogP contribution is 2.27. The second-order valence-electron chi connectivity index (χ2n) is 5.43. The smallest absolute Gasteiger partial charge is 0.223 e.